The Balaban J connectivity index is 1.54. The van der Waals surface area contributed by atoms with Crippen LogP contribution in [0.4, 0.5) is 0 Å². The molecule has 8 nitrogen and oxygen atoms in total. The van der Waals surface area contributed by atoms with Crippen LogP contribution >= 0.6 is 22.9 Å². The van der Waals surface area contributed by atoms with Gasteiger partial charge in [-0.2, -0.15) is 0 Å². The summed E-state index contributed by atoms with van der Waals surface area (Å²) in [5.41, 5.74) is 2.79. The number of methoxy groups -OCH3 is 2. The molecule has 0 fully saturated rings. The van der Waals surface area contributed by atoms with E-state index in [4.69, 9.17) is 30.5 Å². The van der Waals surface area contributed by atoms with Crippen molar-refractivity contribution < 1.29 is 23.7 Å². The summed E-state index contributed by atoms with van der Waals surface area (Å²) in [5.74, 6) is 1.19. The van der Waals surface area contributed by atoms with Crippen LogP contribution in [-0.2, 0) is 16.1 Å². The Morgan fingerprint density at radius 2 is 1.79 bits per heavy atom. The maximum Gasteiger partial charge on any atom is 0.338 e. The Morgan fingerprint density at radius 1 is 1.05 bits per heavy atom. The fraction of sp³-hybridized carbons (Fsp3) is 0.219. The molecule has 3 aromatic carbocycles. The van der Waals surface area contributed by atoms with Crippen molar-refractivity contribution in [1.82, 2.24) is 4.57 Å². The molecule has 1 atom stereocenters. The van der Waals surface area contributed by atoms with Gasteiger partial charge in [0, 0.05) is 22.2 Å². The molecule has 1 aliphatic heterocycles. The predicted octanol–water partition coefficient (Wildman–Crippen LogP) is 5.05. The maximum absolute atomic E-state index is 13.9. The zero-order chi connectivity index (χ0) is 29.8. The van der Waals surface area contributed by atoms with Crippen molar-refractivity contribution in [3.8, 4) is 17.2 Å². The van der Waals surface area contributed by atoms with Gasteiger partial charge >= 0.3 is 5.97 Å². The number of halogens is 1. The molecule has 0 N–H and O–H groups in total. The van der Waals surface area contributed by atoms with E-state index in [-0.39, 0.29) is 17.7 Å². The van der Waals surface area contributed by atoms with Gasteiger partial charge in [0.1, 0.15) is 29.9 Å². The number of hydrogen-bond donors (Lipinski definition) is 0. The van der Waals surface area contributed by atoms with E-state index in [1.54, 1.807) is 45.2 Å². The van der Waals surface area contributed by atoms with Gasteiger partial charge in [0.05, 0.1) is 36.6 Å². The smallest absolute Gasteiger partial charge is 0.338 e. The van der Waals surface area contributed by atoms with Gasteiger partial charge in [-0.1, -0.05) is 53.3 Å². The highest BCUT2D eigenvalue weighted by atomic mass is 35.5. The van der Waals surface area contributed by atoms with Gasteiger partial charge in [-0.3, -0.25) is 9.36 Å². The van der Waals surface area contributed by atoms with E-state index in [2.05, 4.69) is 4.99 Å². The lowest BCUT2D eigenvalue weighted by Crippen LogP contribution is -2.40. The number of ether oxygens (including phenoxy) is 4. The molecule has 0 bridgehead atoms. The maximum atomic E-state index is 13.9. The molecule has 42 heavy (non-hydrogen) atoms. The van der Waals surface area contributed by atoms with Gasteiger partial charge in [-0.15, -0.1) is 0 Å². The third-order valence-electron chi connectivity index (χ3n) is 6.78. The molecule has 5 rings (SSSR count). The minimum absolute atomic E-state index is 0.185. The van der Waals surface area contributed by atoms with Gasteiger partial charge in [0.25, 0.3) is 5.56 Å². The van der Waals surface area contributed by atoms with Crippen LogP contribution in [0.25, 0.3) is 6.08 Å². The van der Waals surface area contributed by atoms with Crippen LogP contribution in [-0.4, -0.2) is 31.4 Å². The minimum Gasteiger partial charge on any atom is -0.497 e. The first-order valence-corrected chi connectivity index (χ1v) is 14.4. The van der Waals surface area contributed by atoms with E-state index in [0.29, 0.717) is 49.5 Å². The zero-order valence-electron chi connectivity index (χ0n) is 23.5. The van der Waals surface area contributed by atoms with E-state index in [1.807, 2.05) is 48.5 Å². The normalized spacial score (nSPS) is 14.7. The molecular weight excluding hydrogens is 576 g/mol. The lowest BCUT2D eigenvalue weighted by molar-refractivity contribution is -0.139. The average Bonchev–Trinajstić information content (AvgIpc) is 3.30. The number of allylic oxidation sites excluding steroid dienone is 1. The average molecular weight is 605 g/mol. The highest BCUT2D eigenvalue weighted by Gasteiger charge is 2.35. The number of nitrogens with zero attached hydrogens (tertiary/aromatic N) is 2. The summed E-state index contributed by atoms with van der Waals surface area (Å²) in [6.07, 6.45) is 1.80. The fourth-order valence-corrected chi connectivity index (χ4v) is 5.96. The Morgan fingerprint density at radius 3 is 2.48 bits per heavy atom. The SMILES string of the molecule is CCOC(=O)C1=C(C)N=c2s/c(=C\c3ccc(OCc4ccccc4Cl)cc3)c(=O)n2[C@H]1c1ccc(OC)cc1OC. The van der Waals surface area contributed by atoms with Crippen LogP contribution in [0.1, 0.15) is 36.6 Å². The molecule has 0 unspecified atom stereocenters. The number of carbonyl (C=O) groups excluding carboxylic acids is 1. The number of rotatable bonds is 9. The topological polar surface area (TPSA) is 88.4 Å². The summed E-state index contributed by atoms with van der Waals surface area (Å²) < 4.78 is 24.3. The van der Waals surface area contributed by atoms with Crippen LogP contribution in [0, 0.1) is 0 Å². The summed E-state index contributed by atoms with van der Waals surface area (Å²) in [5, 5.41) is 0.649. The molecular formula is C32H29ClN2O6S. The van der Waals surface area contributed by atoms with E-state index < -0.39 is 12.0 Å². The van der Waals surface area contributed by atoms with Gasteiger partial charge < -0.3 is 18.9 Å². The largest absolute Gasteiger partial charge is 0.497 e. The number of aromatic nitrogens is 1. The number of thiazole rings is 1. The zero-order valence-corrected chi connectivity index (χ0v) is 25.1. The predicted molar refractivity (Wildman–Crippen MR) is 162 cm³/mol. The highest BCUT2D eigenvalue weighted by molar-refractivity contribution is 7.07. The molecule has 2 heterocycles. The molecule has 1 aliphatic rings. The Labute approximate surface area is 251 Å². The van der Waals surface area contributed by atoms with Crippen LogP contribution in [0.2, 0.25) is 5.02 Å². The molecule has 0 spiro atoms. The van der Waals surface area contributed by atoms with Crippen molar-refractivity contribution >= 4 is 35.0 Å². The van der Waals surface area contributed by atoms with Crippen LogP contribution in [0.5, 0.6) is 17.2 Å². The third kappa shape index (κ3) is 5.84. The molecule has 0 saturated heterocycles. The van der Waals surface area contributed by atoms with Crippen LogP contribution in [0.3, 0.4) is 0 Å². The Hall–Kier alpha value is -4.34. The van der Waals surface area contributed by atoms with Gasteiger partial charge in [-0.25, -0.2) is 9.79 Å². The molecule has 0 radical (unpaired) electrons. The van der Waals surface area contributed by atoms with Gasteiger partial charge in [0.2, 0.25) is 0 Å². The second-order valence-corrected chi connectivity index (χ2v) is 10.8. The van der Waals surface area contributed by atoms with Crippen LogP contribution < -0.4 is 29.1 Å². The summed E-state index contributed by atoms with van der Waals surface area (Å²) in [6, 6.07) is 19.4. The fourth-order valence-electron chi connectivity index (χ4n) is 4.72. The molecule has 216 valence electrons. The standard InChI is InChI=1S/C32H29ClN2O6S/c1-5-40-31(37)28-19(2)34-32-35(29(28)24-15-14-23(38-3)17-26(24)39-4)30(36)27(42-32)16-20-10-12-22(13-11-20)41-18-21-8-6-7-9-25(21)33/h6-17,29H,5,18H2,1-4H3/b27-16-/t29-/m0/s1. The summed E-state index contributed by atoms with van der Waals surface area (Å²) >= 11 is 7.48. The molecule has 10 heteroatoms. The summed E-state index contributed by atoms with van der Waals surface area (Å²) in [4.78, 5) is 32.2. The lowest BCUT2D eigenvalue weighted by atomic mass is 9.95. The summed E-state index contributed by atoms with van der Waals surface area (Å²) in [7, 11) is 3.09. The lowest BCUT2D eigenvalue weighted by Gasteiger charge is -2.26. The third-order valence-corrected chi connectivity index (χ3v) is 8.13. The molecule has 1 aromatic heterocycles. The van der Waals surface area contributed by atoms with Crippen molar-refractivity contribution in [3.05, 3.63) is 119 Å². The van der Waals surface area contributed by atoms with Gasteiger partial charge in [-0.05, 0) is 55.8 Å². The number of esters is 1. The summed E-state index contributed by atoms with van der Waals surface area (Å²) in [6.45, 7) is 4.01. The van der Waals surface area contributed by atoms with E-state index >= 15 is 0 Å². The highest BCUT2D eigenvalue weighted by Crippen LogP contribution is 2.37. The van der Waals surface area contributed by atoms with Crippen LogP contribution in [0.15, 0.2) is 87.8 Å². The number of fused-ring (bicyclic) bond motifs is 1. The quantitative estimate of drug-likeness (QED) is 0.249. The van der Waals surface area contributed by atoms with Gasteiger partial charge in [0.15, 0.2) is 4.80 Å². The second kappa shape index (κ2) is 12.7. The van der Waals surface area contributed by atoms with Crippen molar-refractivity contribution in [2.75, 3.05) is 20.8 Å². The monoisotopic (exact) mass is 604 g/mol. The van der Waals surface area contributed by atoms with E-state index in [9.17, 15) is 9.59 Å². The first kappa shape index (κ1) is 29.2. The number of carbonyl (C=O) groups is 1. The first-order valence-electron chi connectivity index (χ1n) is 13.2. The second-order valence-electron chi connectivity index (χ2n) is 9.36. The minimum atomic E-state index is -0.802. The van der Waals surface area contributed by atoms with Crippen molar-refractivity contribution in [2.45, 2.75) is 26.5 Å². The molecule has 0 amide bonds. The number of benzene rings is 3. The van der Waals surface area contributed by atoms with E-state index in [1.165, 1.54) is 23.0 Å². The molecule has 0 saturated carbocycles. The Bertz CT molecular complexity index is 1840. The van der Waals surface area contributed by atoms with Crippen molar-refractivity contribution in [1.29, 1.82) is 0 Å². The van der Waals surface area contributed by atoms with E-state index in [0.717, 1.165) is 11.1 Å². The molecule has 0 aliphatic carbocycles. The first-order chi connectivity index (χ1) is 20.3. The van der Waals surface area contributed by atoms with Crippen molar-refractivity contribution in [2.24, 2.45) is 4.99 Å². The van der Waals surface area contributed by atoms with Crippen molar-refractivity contribution in [3.63, 3.8) is 0 Å². The Kier molecular flexibility index (Phi) is 8.80. The number of hydrogen-bond acceptors (Lipinski definition) is 8. The molecule has 4 aromatic rings.